The highest BCUT2D eigenvalue weighted by atomic mass is 32.2. The smallest absolute Gasteiger partial charge is 0.233 e. The van der Waals surface area contributed by atoms with Gasteiger partial charge in [-0.05, 0) is 54.2 Å². The molecule has 1 amide bonds. The van der Waals surface area contributed by atoms with Gasteiger partial charge in [0.2, 0.25) is 5.91 Å². The number of thioether (sulfide) groups is 1. The zero-order valence-electron chi connectivity index (χ0n) is 13.2. The number of nitrogens with one attached hydrogen (secondary N) is 1. The van der Waals surface area contributed by atoms with Gasteiger partial charge in [0.05, 0.1) is 11.3 Å². The summed E-state index contributed by atoms with van der Waals surface area (Å²) in [6.07, 6.45) is 3.18. The molecule has 3 nitrogen and oxygen atoms in total. The first kappa shape index (κ1) is 16.2. The highest BCUT2D eigenvalue weighted by molar-refractivity contribution is 8.00. The maximum Gasteiger partial charge on any atom is 0.233 e. The van der Waals surface area contributed by atoms with E-state index in [0.29, 0.717) is 5.92 Å². The van der Waals surface area contributed by atoms with Crippen molar-refractivity contribution in [3.63, 3.8) is 0 Å². The molecule has 4 heteroatoms. The van der Waals surface area contributed by atoms with Gasteiger partial charge in [0.25, 0.3) is 0 Å². The Hall–Kier alpha value is -1.16. The third kappa shape index (κ3) is 3.94. The molecule has 0 aliphatic heterocycles. The molecule has 116 valence electrons. The molecule has 1 aliphatic carbocycles. The van der Waals surface area contributed by atoms with Gasteiger partial charge in [-0.3, -0.25) is 4.79 Å². The van der Waals surface area contributed by atoms with E-state index in [-0.39, 0.29) is 17.2 Å². The van der Waals surface area contributed by atoms with Gasteiger partial charge in [0.1, 0.15) is 0 Å². The van der Waals surface area contributed by atoms with Crippen LogP contribution >= 0.6 is 11.8 Å². The van der Waals surface area contributed by atoms with Crippen molar-refractivity contribution < 1.29 is 4.79 Å². The molecular weight excluding hydrogens is 280 g/mol. The van der Waals surface area contributed by atoms with Gasteiger partial charge >= 0.3 is 0 Å². The fourth-order valence-corrected chi connectivity index (χ4v) is 3.95. The second-order valence-electron chi connectivity index (χ2n) is 6.03. The Balaban J connectivity index is 2.12. The molecule has 0 fully saturated rings. The second-order valence-corrected chi connectivity index (χ2v) is 7.45. The van der Waals surface area contributed by atoms with Crippen LogP contribution in [0.2, 0.25) is 0 Å². The van der Waals surface area contributed by atoms with E-state index in [0.717, 1.165) is 30.7 Å². The number of nitrogen functional groups attached to an aromatic ring is 1. The fourth-order valence-electron chi connectivity index (χ4n) is 2.99. The van der Waals surface area contributed by atoms with Gasteiger partial charge in [-0.1, -0.05) is 26.8 Å². The summed E-state index contributed by atoms with van der Waals surface area (Å²) in [5, 5.41) is 3.30. The quantitative estimate of drug-likeness (QED) is 0.818. The summed E-state index contributed by atoms with van der Waals surface area (Å²) >= 11 is 1.73. The first-order chi connectivity index (χ1) is 10.0. The van der Waals surface area contributed by atoms with Crippen LogP contribution in [0.5, 0.6) is 0 Å². The number of carbonyl (C=O) groups is 1. The van der Waals surface area contributed by atoms with Crippen LogP contribution in [0.25, 0.3) is 0 Å². The topological polar surface area (TPSA) is 55.1 Å². The number of carbonyl (C=O) groups excluding carboxylic acids is 1. The first-order valence-electron chi connectivity index (χ1n) is 7.83. The van der Waals surface area contributed by atoms with Gasteiger partial charge in [0.15, 0.2) is 0 Å². The van der Waals surface area contributed by atoms with Crippen molar-refractivity contribution in [1.29, 1.82) is 0 Å². The van der Waals surface area contributed by atoms with Crippen molar-refractivity contribution in [1.82, 2.24) is 5.32 Å². The van der Waals surface area contributed by atoms with E-state index >= 15 is 0 Å². The van der Waals surface area contributed by atoms with Crippen LogP contribution in [0.1, 0.15) is 50.8 Å². The number of hydrogen-bond donors (Lipinski definition) is 2. The van der Waals surface area contributed by atoms with Gasteiger partial charge < -0.3 is 11.1 Å². The zero-order chi connectivity index (χ0) is 15.4. The summed E-state index contributed by atoms with van der Waals surface area (Å²) in [7, 11) is 0. The Labute approximate surface area is 132 Å². The summed E-state index contributed by atoms with van der Waals surface area (Å²) in [5.74, 6) is 1.49. The molecule has 0 spiro atoms. The summed E-state index contributed by atoms with van der Waals surface area (Å²) < 4.78 is 0. The summed E-state index contributed by atoms with van der Waals surface area (Å²) in [4.78, 5) is 12.6. The van der Waals surface area contributed by atoms with Crippen LogP contribution in [0, 0.1) is 5.92 Å². The highest BCUT2D eigenvalue weighted by Crippen LogP contribution is 2.31. The monoisotopic (exact) mass is 306 g/mol. The number of amides is 1. The molecule has 2 rings (SSSR count). The lowest BCUT2D eigenvalue weighted by Gasteiger charge is -2.29. The Morgan fingerprint density at radius 2 is 2.24 bits per heavy atom. The van der Waals surface area contributed by atoms with Gasteiger partial charge in [-0.15, -0.1) is 11.8 Å². The van der Waals surface area contributed by atoms with Gasteiger partial charge in [-0.25, -0.2) is 0 Å². The second kappa shape index (κ2) is 7.21. The van der Waals surface area contributed by atoms with E-state index in [2.05, 4.69) is 32.2 Å². The summed E-state index contributed by atoms with van der Waals surface area (Å²) in [6.45, 7) is 6.33. The molecule has 0 radical (unpaired) electrons. The lowest BCUT2D eigenvalue weighted by molar-refractivity contribution is -0.122. The van der Waals surface area contributed by atoms with Crippen molar-refractivity contribution >= 4 is 23.4 Å². The van der Waals surface area contributed by atoms with E-state index in [9.17, 15) is 4.79 Å². The van der Waals surface area contributed by atoms with E-state index < -0.39 is 0 Å². The molecule has 3 N–H and O–H groups in total. The summed E-state index contributed by atoms with van der Waals surface area (Å²) in [5.41, 5.74) is 9.20. The number of rotatable bonds is 5. The van der Waals surface area contributed by atoms with E-state index in [1.165, 1.54) is 11.1 Å². The Kier molecular flexibility index (Phi) is 5.57. The number of hydrogen-bond acceptors (Lipinski definition) is 3. The predicted molar refractivity (Wildman–Crippen MR) is 91.4 cm³/mol. The van der Waals surface area contributed by atoms with Crippen LogP contribution in [-0.4, -0.2) is 16.9 Å². The van der Waals surface area contributed by atoms with Crippen molar-refractivity contribution in [2.24, 2.45) is 5.92 Å². The lowest BCUT2D eigenvalue weighted by atomic mass is 9.87. The molecule has 1 aromatic carbocycles. The maximum atomic E-state index is 12.6. The van der Waals surface area contributed by atoms with Crippen LogP contribution in [-0.2, 0) is 11.2 Å². The molecule has 0 aromatic heterocycles. The number of benzene rings is 1. The Morgan fingerprint density at radius 1 is 1.48 bits per heavy atom. The number of aryl methyl sites for hydroxylation is 1. The van der Waals surface area contributed by atoms with Crippen molar-refractivity contribution in [2.45, 2.75) is 51.3 Å². The molecule has 1 aromatic rings. The third-order valence-electron chi connectivity index (χ3n) is 4.01. The molecule has 2 atom stereocenters. The minimum absolute atomic E-state index is 0.0363. The fraction of sp³-hybridized carbons (Fsp3) is 0.588. The van der Waals surface area contributed by atoms with Gasteiger partial charge in [-0.2, -0.15) is 0 Å². The number of nitrogens with two attached hydrogens (primary N) is 1. The van der Waals surface area contributed by atoms with Crippen LogP contribution in [0.4, 0.5) is 5.69 Å². The van der Waals surface area contributed by atoms with Crippen molar-refractivity contribution in [2.75, 3.05) is 11.5 Å². The molecular formula is C17H26N2OS. The maximum absolute atomic E-state index is 12.6. The normalized spacial score (nSPS) is 19.1. The zero-order valence-corrected chi connectivity index (χ0v) is 14.0. The van der Waals surface area contributed by atoms with Crippen LogP contribution < -0.4 is 11.1 Å². The molecule has 0 saturated heterocycles. The molecule has 0 saturated carbocycles. The Bertz CT molecular complexity index is 502. The molecule has 0 bridgehead atoms. The minimum atomic E-state index is 0.0363. The number of anilines is 1. The van der Waals surface area contributed by atoms with Crippen molar-refractivity contribution in [3.8, 4) is 0 Å². The van der Waals surface area contributed by atoms with E-state index in [1.54, 1.807) is 11.8 Å². The third-order valence-corrected chi connectivity index (χ3v) is 5.46. The lowest BCUT2D eigenvalue weighted by Crippen LogP contribution is -2.39. The molecule has 2 unspecified atom stereocenters. The Morgan fingerprint density at radius 3 is 2.90 bits per heavy atom. The average molecular weight is 306 g/mol. The largest absolute Gasteiger partial charge is 0.399 e. The SMILES string of the molecule is CCSC(C(=O)NC1CCCc2cc(N)ccc21)C(C)C. The molecule has 0 heterocycles. The number of fused-ring (bicyclic) bond motifs is 1. The average Bonchev–Trinajstić information content (AvgIpc) is 2.44. The summed E-state index contributed by atoms with van der Waals surface area (Å²) in [6, 6.07) is 6.20. The standard InChI is InChI=1S/C17H26N2OS/c1-4-21-16(11(2)3)17(20)19-15-7-5-6-12-10-13(18)8-9-14(12)15/h8-11,15-16H,4-7,18H2,1-3H3,(H,19,20). The van der Waals surface area contributed by atoms with Crippen molar-refractivity contribution in [3.05, 3.63) is 29.3 Å². The highest BCUT2D eigenvalue weighted by Gasteiger charge is 2.27. The van der Waals surface area contributed by atoms with Gasteiger partial charge in [0, 0.05) is 5.69 Å². The van der Waals surface area contributed by atoms with Crippen LogP contribution in [0.15, 0.2) is 18.2 Å². The molecule has 21 heavy (non-hydrogen) atoms. The van der Waals surface area contributed by atoms with E-state index in [4.69, 9.17) is 5.73 Å². The van der Waals surface area contributed by atoms with Crippen LogP contribution in [0.3, 0.4) is 0 Å². The first-order valence-corrected chi connectivity index (χ1v) is 8.88. The minimum Gasteiger partial charge on any atom is -0.399 e. The van der Waals surface area contributed by atoms with E-state index in [1.807, 2.05) is 12.1 Å². The molecule has 1 aliphatic rings. The predicted octanol–water partition coefficient (Wildman–Crippen LogP) is 3.54.